The maximum absolute atomic E-state index is 16.0. The van der Waals surface area contributed by atoms with E-state index in [0.29, 0.717) is 17.6 Å². The maximum atomic E-state index is 16.0. The number of nitrogens with one attached hydrogen (secondary N) is 3. The van der Waals surface area contributed by atoms with Crippen LogP contribution in [0.4, 0.5) is 27.6 Å². The van der Waals surface area contributed by atoms with Crippen LogP contribution in [0.25, 0.3) is 10.9 Å². The standard InChI is InChI=1S/C31H37F5N4O7/c1-16-9-20-19-5-2-3-6-23(19)39-25(20)26(40(16)14-31(35,36)15-41)24-21(33)10-17(11-22(24)34)38-18(12-37-8-4-7-32)13-47-30(46)28(43)27(42)29(44)45/h2-3,5-6,10-11,16,18,26-28,37-39,41-43H,4,7-9,12-15H2,1H3,(H,44,45)/t16-,18+,26?,27-,28-/m1/s1. The molecule has 0 amide bonds. The molecule has 258 valence electrons. The molecule has 0 saturated carbocycles. The summed E-state index contributed by atoms with van der Waals surface area (Å²) in [6, 6.07) is 6.12. The van der Waals surface area contributed by atoms with Gasteiger partial charge in [0.15, 0.2) is 12.2 Å². The first-order valence-corrected chi connectivity index (χ1v) is 14.9. The number of carboxylic acids is 1. The first-order valence-electron chi connectivity index (χ1n) is 14.9. The number of anilines is 1. The number of alkyl halides is 3. The van der Waals surface area contributed by atoms with Crippen molar-refractivity contribution in [2.24, 2.45) is 0 Å². The molecule has 3 aromatic rings. The summed E-state index contributed by atoms with van der Waals surface area (Å²) in [5, 5.41) is 43.7. The van der Waals surface area contributed by atoms with Crippen LogP contribution in [-0.2, 0) is 20.7 Å². The van der Waals surface area contributed by atoms with E-state index in [1.54, 1.807) is 25.1 Å². The Labute approximate surface area is 266 Å². The lowest BCUT2D eigenvalue weighted by Crippen LogP contribution is -2.49. The van der Waals surface area contributed by atoms with Crippen molar-refractivity contribution < 1.29 is 56.7 Å². The SMILES string of the molecule is C[C@@H]1Cc2c([nH]c3ccccc23)C(c2c(F)cc(N[C@@H](CNCCCF)COC(=O)[C@H](O)[C@@H](O)C(=O)O)cc2F)N1CC(F)(F)CO. The highest BCUT2D eigenvalue weighted by Gasteiger charge is 2.43. The van der Waals surface area contributed by atoms with Gasteiger partial charge in [0.25, 0.3) is 5.92 Å². The van der Waals surface area contributed by atoms with E-state index < -0.39 is 91.8 Å². The number of benzene rings is 2. The lowest BCUT2D eigenvalue weighted by molar-refractivity contribution is -0.170. The number of esters is 1. The number of aliphatic carboxylic acids is 1. The van der Waals surface area contributed by atoms with Crippen molar-refractivity contribution in [2.45, 2.75) is 56.0 Å². The predicted octanol–water partition coefficient (Wildman–Crippen LogP) is 2.49. The number of aliphatic hydroxyl groups is 3. The second kappa shape index (κ2) is 15.4. The second-order valence-corrected chi connectivity index (χ2v) is 11.5. The average Bonchev–Trinajstić information content (AvgIpc) is 3.39. The number of carbonyl (C=O) groups is 2. The number of halogens is 5. The summed E-state index contributed by atoms with van der Waals surface area (Å²) in [5.41, 5.74) is 1.05. The lowest BCUT2D eigenvalue weighted by atomic mass is 9.87. The number of H-pyrrole nitrogens is 1. The molecule has 47 heavy (non-hydrogen) atoms. The van der Waals surface area contributed by atoms with Gasteiger partial charge in [-0.05, 0) is 50.1 Å². The molecule has 1 aliphatic heterocycles. The summed E-state index contributed by atoms with van der Waals surface area (Å²) in [7, 11) is 0. The van der Waals surface area contributed by atoms with E-state index in [-0.39, 0.29) is 25.2 Å². The molecule has 2 aromatic carbocycles. The molecule has 0 fully saturated rings. The smallest absolute Gasteiger partial charge is 0.338 e. The molecule has 11 nitrogen and oxygen atoms in total. The number of fused-ring (bicyclic) bond motifs is 3. The zero-order chi connectivity index (χ0) is 34.5. The molecule has 4 rings (SSSR count). The van der Waals surface area contributed by atoms with Crippen LogP contribution in [0.3, 0.4) is 0 Å². The van der Waals surface area contributed by atoms with E-state index in [1.807, 2.05) is 6.07 Å². The van der Waals surface area contributed by atoms with Crippen LogP contribution in [0.5, 0.6) is 0 Å². The summed E-state index contributed by atoms with van der Waals surface area (Å²) < 4.78 is 78.7. The highest BCUT2D eigenvalue weighted by atomic mass is 19.3. The Morgan fingerprint density at radius 3 is 2.47 bits per heavy atom. The number of carbonyl (C=O) groups excluding carboxylic acids is 1. The van der Waals surface area contributed by atoms with Crippen molar-refractivity contribution in [1.82, 2.24) is 15.2 Å². The minimum atomic E-state index is -3.57. The molecular weight excluding hydrogens is 635 g/mol. The van der Waals surface area contributed by atoms with Crippen molar-refractivity contribution in [3.63, 3.8) is 0 Å². The fourth-order valence-corrected chi connectivity index (χ4v) is 5.70. The molecule has 1 aromatic heterocycles. The number of carboxylic acid groups (broad SMARTS) is 1. The van der Waals surface area contributed by atoms with Gasteiger partial charge in [-0.1, -0.05) is 18.2 Å². The largest absolute Gasteiger partial charge is 0.479 e. The zero-order valence-electron chi connectivity index (χ0n) is 25.4. The second-order valence-electron chi connectivity index (χ2n) is 11.5. The number of rotatable bonds is 16. The third-order valence-corrected chi connectivity index (χ3v) is 7.98. The van der Waals surface area contributed by atoms with Crippen molar-refractivity contribution in [2.75, 3.05) is 44.8 Å². The van der Waals surface area contributed by atoms with Gasteiger partial charge in [-0.3, -0.25) is 9.29 Å². The molecule has 0 spiro atoms. The van der Waals surface area contributed by atoms with Gasteiger partial charge in [-0.15, -0.1) is 0 Å². The Hall–Kier alpha value is -3.83. The molecule has 1 unspecified atom stereocenters. The molecule has 0 radical (unpaired) electrons. The summed E-state index contributed by atoms with van der Waals surface area (Å²) in [6.45, 7) is -1.85. The van der Waals surface area contributed by atoms with Gasteiger partial charge >= 0.3 is 11.9 Å². The molecule has 2 heterocycles. The Morgan fingerprint density at radius 1 is 1.15 bits per heavy atom. The molecule has 5 atom stereocenters. The van der Waals surface area contributed by atoms with Gasteiger partial charge in [-0.2, -0.15) is 0 Å². The first kappa shape index (κ1) is 36.0. The minimum absolute atomic E-state index is 0.0432. The number of ether oxygens (including phenoxy) is 1. The summed E-state index contributed by atoms with van der Waals surface area (Å²) in [6.07, 6.45) is -4.43. The number of nitrogens with zero attached hydrogens (tertiary/aromatic N) is 1. The summed E-state index contributed by atoms with van der Waals surface area (Å²) in [5.74, 6) is -9.08. The lowest BCUT2D eigenvalue weighted by Gasteiger charge is -2.42. The molecule has 0 bridgehead atoms. The quantitative estimate of drug-likeness (QED) is 0.0683. The molecule has 1 aliphatic rings. The number of aromatic amines is 1. The van der Waals surface area contributed by atoms with Crippen LogP contribution >= 0.6 is 0 Å². The summed E-state index contributed by atoms with van der Waals surface area (Å²) in [4.78, 5) is 27.4. The van der Waals surface area contributed by atoms with E-state index >= 15 is 8.78 Å². The third-order valence-electron chi connectivity index (χ3n) is 7.98. The van der Waals surface area contributed by atoms with Gasteiger partial charge < -0.3 is 40.8 Å². The highest BCUT2D eigenvalue weighted by molar-refractivity contribution is 5.85. The number of para-hydroxylation sites is 1. The first-order chi connectivity index (χ1) is 22.3. The Morgan fingerprint density at radius 2 is 1.83 bits per heavy atom. The Bertz CT molecular complexity index is 1530. The van der Waals surface area contributed by atoms with Gasteiger partial charge in [0.05, 0.1) is 25.3 Å². The van der Waals surface area contributed by atoms with Gasteiger partial charge in [0.1, 0.15) is 24.8 Å². The van der Waals surface area contributed by atoms with E-state index in [4.69, 9.17) is 9.84 Å². The number of aromatic nitrogens is 1. The fraction of sp³-hybridized carbons (Fsp3) is 0.484. The van der Waals surface area contributed by atoms with E-state index in [0.717, 1.165) is 23.1 Å². The third kappa shape index (κ3) is 8.37. The van der Waals surface area contributed by atoms with Gasteiger partial charge in [-0.25, -0.2) is 27.2 Å². The minimum Gasteiger partial charge on any atom is -0.479 e. The van der Waals surface area contributed by atoms with Crippen LogP contribution in [0.1, 0.15) is 36.2 Å². The zero-order valence-corrected chi connectivity index (χ0v) is 25.4. The van der Waals surface area contributed by atoms with E-state index in [1.165, 1.54) is 4.90 Å². The molecular formula is C31H37F5N4O7. The van der Waals surface area contributed by atoms with Gasteiger partial charge in [0, 0.05) is 40.4 Å². The van der Waals surface area contributed by atoms with Crippen LogP contribution in [-0.4, -0.2) is 112 Å². The van der Waals surface area contributed by atoms with Crippen LogP contribution in [0.2, 0.25) is 0 Å². The Kier molecular flexibility index (Phi) is 11.8. The topological polar surface area (TPSA) is 167 Å². The molecule has 16 heteroatoms. The monoisotopic (exact) mass is 672 g/mol. The Balaban J connectivity index is 1.66. The maximum Gasteiger partial charge on any atom is 0.338 e. The van der Waals surface area contributed by atoms with Gasteiger partial charge in [0.2, 0.25) is 0 Å². The van der Waals surface area contributed by atoms with E-state index in [9.17, 15) is 38.1 Å². The number of hydrogen-bond acceptors (Lipinski definition) is 9. The summed E-state index contributed by atoms with van der Waals surface area (Å²) >= 11 is 0. The normalized spacial score (nSPS) is 18.8. The molecule has 7 N–H and O–H groups in total. The highest BCUT2D eigenvalue weighted by Crippen LogP contribution is 2.43. The van der Waals surface area contributed by atoms with E-state index in [2.05, 4.69) is 15.6 Å². The predicted molar refractivity (Wildman–Crippen MR) is 160 cm³/mol. The van der Waals surface area contributed by atoms with Crippen LogP contribution in [0.15, 0.2) is 36.4 Å². The number of hydrogen-bond donors (Lipinski definition) is 7. The van der Waals surface area contributed by atoms with Crippen molar-refractivity contribution in [3.8, 4) is 0 Å². The van der Waals surface area contributed by atoms with Crippen molar-refractivity contribution in [3.05, 3.63) is 64.9 Å². The number of aliphatic hydroxyl groups excluding tert-OH is 3. The average molecular weight is 673 g/mol. The molecule has 0 saturated heterocycles. The van der Waals surface area contributed by atoms with Crippen molar-refractivity contribution >= 4 is 28.5 Å². The van der Waals surface area contributed by atoms with Crippen molar-refractivity contribution in [1.29, 1.82) is 0 Å². The molecule has 0 aliphatic carbocycles. The van der Waals surface area contributed by atoms with Crippen LogP contribution in [0, 0.1) is 11.6 Å². The fourth-order valence-electron chi connectivity index (χ4n) is 5.70. The van der Waals surface area contributed by atoms with Crippen LogP contribution < -0.4 is 10.6 Å².